The van der Waals surface area contributed by atoms with Crippen LogP contribution in [-0.2, 0) is 6.42 Å². The van der Waals surface area contributed by atoms with Crippen LogP contribution in [0.5, 0.6) is 0 Å². The Bertz CT molecular complexity index is 555. The van der Waals surface area contributed by atoms with Gasteiger partial charge in [0.25, 0.3) is 0 Å². The van der Waals surface area contributed by atoms with Gasteiger partial charge in [0.05, 0.1) is 0 Å². The van der Waals surface area contributed by atoms with Crippen LogP contribution >= 0.6 is 43.5 Å². The van der Waals surface area contributed by atoms with E-state index in [-0.39, 0.29) is 11.7 Å². The molecule has 0 bridgehead atoms. The van der Waals surface area contributed by atoms with Crippen molar-refractivity contribution < 1.29 is 4.39 Å². The lowest BCUT2D eigenvalue weighted by molar-refractivity contribution is 0.597. The molecule has 19 heavy (non-hydrogen) atoms. The highest BCUT2D eigenvalue weighted by atomic mass is 79.9. The molecular weight excluding hydrogens is 394 g/mol. The average Bonchev–Trinajstić information content (AvgIpc) is 2.39. The molecule has 2 aromatic rings. The Balaban J connectivity index is 2.21. The van der Waals surface area contributed by atoms with E-state index in [4.69, 9.17) is 11.6 Å². The number of halogens is 4. The Labute approximate surface area is 134 Å². The maximum absolute atomic E-state index is 13.8. The van der Waals surface area contributed by atoms with Crippen molar-refractivity contribution in [2.45, 2.75) is 12.3 Å². The lowest BCUT2D eigenvalue weighted by Gasteiger charge is -2.15. The van der Waals surface area contributed by atoms with Crippen molar-refractivity contribution in [1.29, 1.82) is 0 Å². The first-order valence-electron chi connectivity index (χ1n) is 5.85. The number of rotatable bonds is 4. The van der Waals surface area contributed by atoms with Crippen LogP contribution in [0.3, 0.4) is 0 Å². The van der Waals surface area contributed by atoms with Crippen LogP contribution in [-0.4, -0.2) is 5.88 Å². The van der Waals surface area contributed by atoms with Crippen molar-refractivity contribution >= 4 is 43.5 Å². The molecule has 0 N–H and O–H groups in total. The van der Waals surface area contributed by atoms with E-state index in [1.54, 1.807) is 6.07 Å². The topological polar surface area (TPSA) is 0 Å². The Morgan fingerprint density at radius 2 is 1.63 bits per heavy atom. The van der Waals surface area contributed by atoms with Crippen molar-refractivity contribution in [1.82, 2.24) is 0 Å². The molecule has 4 heteroatoms. The fraction of sp³-hybridized carbons (Fsp3) is 0.200. The highest BCUT2D eigenvalue weighted by Gasteiger charge is 2.14. The second-order valence-electron chi connectivity index (χ2n) is 4.34. The molecule has 0 fully saturated rings. The average molecular weight is 407 g/mol. The summed E-state index contributed by atoms with van der Waals surface area (Å²) in [6.07, 6.45) is 0.601. The molecule has 0 aromatic heterocycles. The van der Waals surface area contributed by atoms with Gasteiger partial charge in [-0.25, -0.2) is 4.39 Å². The zero-order chi connectivity index (χ0) is 13.8. The molecular formula is C15H12Br2ClF. The predicted molar refractivity (Wildman–Crippen MR) is 85.4 cm³/mol. The number of alkyl halides is 1. The fourth-order valence-corrected chi connectivity index (χ4v) is 2.83. The first kappa shape index (κ1) is 15.0. The van der Waals surface area contributed by atoms with Gasteiger partial charge in [-0.1, -0.05) is 50.1 Å². The summed E-state index contributed by atoms with van der Waals surface area (Å²) in [7, 11) is 0. The van der Waals surface area contributed by atoms with Gasteiger partial charge in [0.1, 0.15) is 5.82 Å². The van der Waals surface area contributed by atoms with Gasteiger partial charge in [-0.2, -0.15) is 0 Å². The van der Waals surface area contributed by atoms with Gasteiger partial charge >= 0.3 is 0 Å². The lowest BCUT2D eigenvalue weighted by atomic mass is 9.93. The van der Waals surface area contributed by atoms with Crippen LogP contribution < -0.4 is 0 Å². The SMILES string of the molecule is Fc1cc(Br)ccc1CC(CCl)c1ccc(Br)cc1. The normalized spacial score (nSPS) is 12.4. The zero-order valence-corrected chi connectivity index (χ0v) is 14.0. The molecule has 1 unspecified atom stereocenters. The van der Waals surface area contributed by atoms with Crippen molar-refractivity contribution in [3.8, 4) is 0 Å². The molecule has 1 atom stereocenters. The fourth-order valence-electron chi connectivity index (χ4n) is 1.95. The van der Waals surface area contributed by atoms with Gasteiger partial charge in [0.15, 0.2) is 0 Å². The van der Waals surface area contributed by atoms with Crippen LogP contribution in [0, 0.1) is 5.82 Å². The minimum Gasteiger partial charge on any atom is -0.207 e. The maximum atomic E-state index is 13.8. The molecule has 0 nitrogen and oxygen atoms in total. The number of benzene rings is 2. The van der Waals surface area contributed by atoms with E-state index >= 15 is 0 Å². The highest BCUT2D eigenvalue weighted by Crippen LogP contribution is 2.26. The summed E-state index contributed by atoms with van der Waals surface area (Å²) < 4.78 is 15.6. The monoisotopic (exact) mass is 404 g/mol. The molecule has 100 valence electrons. The maximum Gasteiger partial charge on any atom is 0.127 e. The van der Waals surface area contributed by atoms with Crippen molar-refractivity contribution in [2.75, 3.05) is 5.88 Å². The molecule has 0 spiro atoms. The van der Waals surface area contributed by atoms with Crippen molar-refractivity contribution in [3.63, 3.8) is 0 Å². The van der Waals surface area contributed by atoms with Crippen LogP contribution in [0.25, 0.3) is 0 Å². The third-order valence-electron chi connectivity index (χ3n) is 3.01. The Kier molecular flexibility index (Phi) is 5.43. The van der Waals surface area contributed by atoms with E-state index in [1.807, 2.05) is 30.3 Å². The number of hydrogen-bond acceptors (Lipinski definition) is 0. The summed E-state index contributed by atoms with van der Waals surface area (Å²) in [5, 5.41) is 0. The Morgan fingerprint density at radius 3 is 2.21 bits per heavy atom. The highest BCUT2D eigenvalue weighted by molar-refractivity contribution is 9.10. The largest absolute Gasteiger partial charge is 0.207 e. The Morgan fingerprint density at radius 1 is 1.00 bits per heavy atom. The van der Waals surface area contributed by atoms with Gasteiger partial charge < -0.3 is 0 Å². The molecule has 2 aromatic carbocycles. The molecule has 0 saturated carbocycles. The summed E-state index contributed by atoms with van der Waals surface area (Å²) in [6.45, 7) is 0. The Hall–Kier alpha value is -0.380. The van der Waals surface area contributed by atoms with Gasteiger partial charge in [0.2, 0.25) is 0 Å². The van der Waals surface area contributed by atoms with E-state index in [2.05, 4.69) is 31.9 Å². The second kappa shape index (κ2) is 6.87. The summed E-state index contributed by atoms with van der Waals surface area (Å²) in [5.74, 6) is 0.393. The summed E-state index contributed by atoms with van der Waals surface area (Å²) in [4.78, 5) is 0. The standard InChI is InChI=1S/C15H12Br2ClF/c16-13-4-1-10(2-5-13)12(9-18)7-11-3-6-14(17)8-15(11)19/h1-6,8,12H,7,9H2. The van der Waals surface area contributed by atoms with E-state index in [0.717, 1.165) is 14.5 Å². The van der Waals surface area contributed by atoms with Gasteiger partial charge in [-0.05, 0) is 41.8 Å². The van der Waals surface area contributed by atoms with Crippen LogP contribution in [0.15, 0.2) is 51.4 Å². The van der Waals surface area contributed by atoms with Crippen LogP contribution in [0.2, 0.25) is 0 Å². The predicted octanol–water partition coefficient (Wildman–Crippen LogP) is 5.92. The molecule has 0 aliphatic carbocycles. The third-order valence-corrected chi connectivity index (χ3v) is 4.40. The first-order chi connectivity index (χ1) is 9.10. The second-order valence-corrected chi connectivity index (χ2v) is 6.48. The number of hydrogen-bond donors (Lipinski definition) is 0. The molecule has 0 aliphatic heterocycles. The van der Waals surface area contributed by atoms with E-state index in [1.165, 1.54) is 6.07 Å². The van der Waals surface area contributed by atoms with Gasteiger partial charge in [-0.3, -0.25) is 0 Å². The molecule has 0 amide bonds. The van der Waals surface area contributed by atoms with Crippen LogP contribution in [0.1, 0.15) is 17.0 Å². The van der Waals surface area contributed by atoms with E-state index in [0.29, 0.717) is 17.9 Å². The smallest absolute Gasteiger partial charge is 0.127 e. The molecule has 0 aliphatic rings. The van der Waals surface area contributed by atoms with Crippen molar-refractivity contribution in [2.24, 2.45) is 0 Å². The van der Waals surface area contributed by atoms with E-state index < -0.39 is 0 Å². The lowest BCUT2D eigenvalue weighted by Crippen LogP contribution is -2.06. The van der Waals surface area contributed by atoms with E-state index in [9.17, 15) is 4.39 Å². The first-order valence-corrected chi connectivity index (χ1v) is 7.97. The van der Waals surface area contributed by atoms with Crippen molar-refractivity contribution in [3.05, 3.63) is 68.4 Å². The molecule has 2 rings (SSSR count). The molecule has 0 radical (unpaired) electrons. The minimum absolute atomic E-state index is 0.116. The quantitative estimate of drug-likeness (QED) is 0.553. The third kappa shape index (κ3) is 4.04. The molecule has 0 saturated heterocycles. The summed E-state index contributed by atoms with van der Waals surface area (Å²) >= 11 is 12.7. The van der Waals surface area contributed by atoms with Crippen LogP contribution in [0.4, 0.5) is 4.39 Å². The summed E-state index contributed by atoms with van der Waals surface area (Å²) in [5.41, 5.74) is 1.82. The van der Waals surface area contributed by atoms with Gasteiger partial charge in [-0.15, -0.1) is 11.6 Å². The zero-order valence-electron chi connectivity index (χ0n) is 10.0. The minimum atomic E-state index is -0.193. The summed E-state index contributed by atoms with van der Waals surface area (Å²) in [6, 6.07) is 13.1. The van der Waals surface area contributed by atoms with Gasteiger partial charge in [0, 0.05) is 20.7 Å². The molecule has 0 heterocycles.